The molecular weight excluding hydrogens is 274 g/mol. The van der Waals surface area contributed by atoms with Gasteiger partial charge in [-0.1, -0.05) is 12.1 Å². The number of likely N-dealkylation sites (tertiary alicyclic amines) is 1. The third-order valence-corrected chi connectivity index (χ3v) is 4.86. The van der Waals surface area contributed by atoms with Crippen LogP contribution in [0.2, 0.25) is 0 Å². The summed E-state index contributed by atoms with van der Waals surface area (Å²) < 4.78 is 5.75. The van der Waals surface area contributed by atoms with Gasteiger partial charge in [0.05, 0.1) is 0 Å². The van der Waals surface area contributed by atoms with E-state index < -0.39 is 6.10 Å². The van der Waals surface area contributed by atoms with Crippen LogP contribution >= 0.6 is 0 Å². The van der Waals surface area contributed by atoms with E-state index in [1.807, 2.05) is 31.2 Å². The second-order valence-corrected chi connectivity index (χ2v) is 7.87. The number of benzene rings is 1. The highest BCUT2D eigenvalue weighted by Gasteiger charge is 2.41. The molecular formula is C19H31NO2. The van der Waals surface area contributed by atoms with Gasteiger partial charge in [-0.3, -0.25) is 4.90 Å². The fraction of sp³-hybridized carbons (Fsp3) is 0.684. The van der Waals surface area contributed by atoms with Crippen LogP contribution in [0.15, 0.2) is 24.3 Å². The zero-order chi connectivity index (χ0) is 16.4. The molecule has 1 atom stereocenters. The first-order chi connectivity index (χ1) is 10.2. The first-order valence-electron chi connectivity index (χ1n) is 8.36. The summed E-state index contributed by atoms with van der Waals surface area (Å²) in [6, 6.07) is 7.96. The number of rotatable bonds is 5. The molecule has 1 aromatic carbocycles. The second kappa shape index (κ2) is 6.59. The molecule has 0 saturated carbocycles. The van der Waals surface area contributed by atoms with Crippen LogP contribution in [0, 0.1) is 6.92 Å². The first kappa shape index (κ1) is 17.3. The predicted octanol–water partition coefficient (Wildman–Crippen LogP) is 3.78. The van der Waals surface area contributed by atoms with E-state index in [4.69, 9.17) is 4.74 Å². The quantitative estimate of drug-likeness (QED) is 0.898. The number of nitrogens with zero attached hydrogens (tertiary/aromatic N) is 1. The lowest BCUT2D eigenvalue weighted by atomic mass is 9.79. The third kappa shape index (κ3) is 4.23. The topological polar surface area (TPSA) is 32.7 Å². The van der Waals surface area contributed by atoms with E-state index in [2.05, 4.69) is 32.6 Å². The Kier molecular flexibility index (Phi) is 5.18. The standard InChI is InChI=1S/C19H31NO2/c1-15-8-6-9-17(12-15)22-14-16(21)13-20-18(2,3)10-7-11-19(20,4)5/h6,8-9,12,16,21H,7,10-11,13-14H2,1-5H3/t16-/m0/s1. The van der Waals surface area contributed by atoms with Crippen molar-refractivity contribution in [1.82, 2.24) is 4.90 Å². The highest BCUT2D eigenvalue weighted by Crippen LogP contribution is 2.38. The number of aryl methyl sites for hydroxylation is 1. The molecule has 1 heterocycles. The van der Waals surface area contributed by atoms with E-state index in [-0.39, 0.29) is 11.1 Å². The minimum absolute atomic E-state index is 0.131. The molecule has 0 amide bonds. The number of hydrogen-bond acceptors (Lipinski definition) is 3. The van der Waals surface area contributed by atoms with Crippen molar-refractivity contribution in [2.45, 2.75) is 71.1 Å². The average molecular weight is 305 g/mol. The normalized spacial score (nSPS) is 22.3. The van der Waals surface area contributed by atoms with Crippen molar-refractivity contribution in [3.8, 4) is 5.75 Å². The highest BCUT2D eigenvalue weighted by molar-refractivity contribution is 5.27. The molecule has 1 saturated heterocycles. The molecule has 1 fully saturated rings. The van der Waals surface area contributed by atoms with Crippen molar-refractivity contribution in [2.75, 3.05) is 13.2 Å². The molecule has 0 spiro atoms. The van der Waals surface area contributed by atoms with E-state index in [0.717, 1.165) is 5.75 Å². The van der Waals surface area contributed by atoms with Gasteiger partial charge in [0.2, 0.25) is 0 Å². The number of aliphatic hydroxyl groups is 1. The maximum Gasteiger partial charge on any atom is 0.119 e. The Bertz CT molecular complexity index is 480. The minimum atomic E-state index is -0.475. The van der Waals surface area contributed by atoms with Crippen molar-refractivity contribution in [2.24, 2.45) is 0 Å². The molecule has 22 heavy (non-hydrogen) atoms. The Morgan fingerprint density at radius 1 is 1.18 bits per heavy atom. The molecule has 3 nitrogen and oxygen atoms in total. The van der Waals surface area contributed by atoms with Gasteiger partial charge in [-0.2, -0.15) is 0 Å². The van der Waals surface area contributed by atoms with Gasteiger partial charge in [0.15, 0.2) is 0 Å². The van der Waals surface area contributed by atoms with Gasteiger partial charge >= 0.3 is 0 Å². The van der Waals surface area contributed by atoms with Crippen LogP contribution in [0.4, 0.5) is 0 Å². The molecule has 1 N–H and O–H groups in total. The van der Waals surface area contributed by atoms with Gasteiger partial charge in [-0.05, 0) is 71.6 Å². The van der Waals surface area contributed by atoms with E-state index in [0.29, 0.717) is 13.2 Å². The smallest absolute Gasteiger partial charge is 0.119 e. The zero-order valence-electron chi connectivity index (χ0n) is 14.7. The van der Waals surface area contributed by atoms with Crippen LogP contribution in [-0.4, -0.2) is 40.3 Å². The summed E-state index contributed by atoms with van der Waals surface area (Å²) >= 11 is 0. The van der Waals surface area contributed by atoms with Crippen LogP contribution < -0.4 is 4.74 Å². The molecule has 0 aromatic heterocycles. The van der Waals surface area contributed by atoms with Gasteiger partial charge < -0.3 is 9.84 Å². The van der Waals surface area contributed by atoms with Gasteiger partial charge in [0.1, 0.15) is 18.5 Å². The number of aliphatic hydroxyl groups excluding tert-OH is 1. The first-order valence-corrected chi connectivity index (χ1v) is 8.36. The SMILES string of the molecule is Cc1cccc(OC[C@@H](O)CN2C(C)(C)CCCC2(C)C)c1. The molecule has 0 radical (unpaired) electrons. The Hall–Kier alpha value is -1.06. The lowest BCUT2D eigenvalue weighted by molar-refractivity contribution is -0.0606. The van der Waals surface area contributed by atoms with E-state index in [1.54, 1.807) is 0 Å². The monoisotopic (exact) mass is 305 g/mol. The molecule has 1 aromatic rings. The van der Waals surface area contributed by atoms with Gasteiger partial charge in [0.25, 0.3) is 0 Å². The number of β-amino-alcohol motifs (C(OH)–C–C–N with tert-alkyl or cyclic N) is 1. The van der Waals surface area contributed by atoms with Crippen LogP contribution in [-0.2, 0) is 0 Å². The Morgan fingerprint density at radius 2 is 1.82 bits per heavy atom. The Balaban J connectivity index is 1.94. The summed E-state index contributed by atoms with van der Waals surface area (Å²) in [4.78, 5) is 2.45. The lowest BCUT2D eigenvalue weighted by Crippen LogP contribution is -2.60. The van der Waals surface area contributed by atoms with E-state index >= 15 is 0 Å². The molecule has 0 unspecified atom stereocenters. The maximum atomic E-state index is 10.4. The molecule has 0 aliphatic carbocycles. The molecule has 1 aliphatic rings. The van der Waals surface area contributed by atoms with Crippen LogP contribution in [0.1, 0.15) is 52.5 Å². The highest BCUT2D eigenvalue weighted by atomic mass is 16.5. The van der Waals surface area contributed by atoms with Gasteiger partial charge in [-0.15, -0.1) is 0 Å². The van der Waals surface area contributed by atoms with Crippen LogP contribution in [0.25, 0.3) is 0 Å². The fourth-order valence-corrected chi connectivity index (χ4v) is 3.70. The largest absolute Gasteiger partial charge is 0.491 e. The summed E-state index contributed by atoms with van der Waals surface area (Å²) in [5.41, 5.74) is 1.43. The molecule has 0 bridgehead atoms. The molecule has 124 valence electrons. The summed E-state index contributed by atoms with van der Waals surface area (Å²) in [5.74, 6) is 0.830. The number of piperidine rings is 1. The van der Waals surface area contributed by atoms with E-state index in [1.165, 1.54) is 24.8 Å². The third-order valence-electron chi connectivity index (χ3n) is 4.86. The lowest BCUT2D eigenvalue weighted by Gasteiger charge is -2.53. The summed E-state index contributed by atoms with van der Waals surface area (Å²) in [6.07, 6.45) is 3.15. The van der Waals surface area contributed by atoms with Crippen molar-refractivity contribution in [1.29, 1.82) is 0 Å². The molecule has 1 aliphatic heterocycles. The predicted molar refractivity (Wildman–Crippen MR) is 91.4 cm³/mol. The summed E-state index contributed by atoms with van der Waals surface area (Å²) in [5, 5.41) is 10.4. The Labute approximate surface area is 135 Å². The van der Waals surface area contributed by atoms with Crippen molar-refractivity contribution in [3.05, 3.63) is 29.8 Å². The molecule has 3 heteroatoms. The minimum Gasteiger partial charge on any atom is -0.491 e. The van der Waals surface area contributed by atoms with Crippen LogP contribution in [0.5, 0.6) is 5.75 Å². The van der Waals surface area contributed by atoms with Crippen molar-refractivity contribution in [3.63, 3.8) is 0 Å². The number of hydrogen-bond donors (Lipinski definition) is 1. The maximum absolute atomic E-state index is 10.4. The van der Waals surface area contributed by atoms with Crippen LogP contribution in [0.3, 0.4) is 0 Å². The summed E-state index contributed by atoms with van der Waals surface area (Å²) in [6.45, 7) is 12.2. The van der Waals surface area contributed by atoms with Crippen molar-refractivity contribution >= 4 is 0 Å². The average Bonchev–Trinajstić information content (AvgIpc) is 2.40. The second-order valence-electron chi connectivity index (χ2n) is 7.87. The van der Waals surface area contributed by atoms with Crippen molar-refractivity contribution < 1.29 is 9.84 Å². The zero-order valence-corrected chi connectivity index (χ0v) is 14.7. The molecule has 2 rings (SSSR count). The van der Waals surface area contributed by atoms with Gasteiger partial charge in [-0.25, -0.2) is 0 Å². The number of ether oxygens (including phenoxy) is 1. The Morgan fingerprint density at radius 3 is 2.41 bits per heavy atom. The fourth-order valence-electron chi connectivity index (χ4n) is 3.70. The summed E-state index contributed by atoms with van der Waals surface area (Å²) in [7, 11) is 0. The van der Waals surface area contributed by atoms with E-state index in [9.17, 15) is 5.11 Å². The van der Waals surface area contributed by atoms with Gasteiger partial charge in [0, 0.05) is 17.6 Å².